The van der Waals surface area contributed by atoms with Gasteiger partial charge in [0.15, 0.2) is 0 Å². The molecule has 0 saturated heterocycles. The minimum absolute atomic E-state index is 0.0489. The molecule has 4 heteroatoms. The molecule has 0 radical (unpaired) electrons. The summed E-state index contributed by atoms with van der Waals surface area (Å²) in [6.45, 7) is 8.11. The van der Waals surface area contributed by atoms with Gasteiger partial charge >= 0.3 is 5.97 Å². The molecule has 84 valence electrons. The number of rotatable bonds is 5. The SMILES string of the molecule is CN(C)C(C)(C)CNC(C)(C)C(=O)O. The number of hydrogen-bond acceptors (Lipinski definition) is 3. The molecule has 0 unspecified atom stereocenters. The summed E-state index contributed by atoms with van der Waals surface area (Å²) in [5.74, 6) is -0.827. The molecule has 0 saturated carbocycles. The Hall–Kier alpha value is -0.610. The van der Waals surface area contributed by atoms with Crippen molar-refractivity contribution >= 4 is 5.97 Å². The second kappa shape index (κ2) is 4.28. The highest BCUT2D eigenvalue weighted by Gasteiger charge is 2.30. The Balaban J connectivity index is 4.25. The van der Waals surface area contributed by atoms with E-state index in [4.69, 9.17) is 5.11 Å². The Kier molecular flexibility index (Phi) is 4.09. The normalized spacial score (nSPS) is 13.4. The molecule has 0 rings (SSSR count). The van der Waals surface area contributed by atoms with Crippen LogP contribution in [0.15, 0.2) is 0 Å². The van der Waals surface area contributed by atoms with E-state index in [0.29, 0.717) is 6.54 Å². The van der Waals surface area contributed by atoms with E-state index in [-0.39, 0.29) is 5.54 Å². The molecule has 0 heterocycles. The average molecular weight is 202 g/mol. The van der Waals surface area contributed by atoms with Gasteiger partial charge in [0.2, 0.25) is 0 Å². The lowest BCUT2D eigenvalue weighted by Gasteiger charge is -2.35. The highest BCUT2D eigenvalue weighted by Crippen LogP contribution is 2.11. The molecule has 0 aliphatic carbocycles. The molecule has 0 aromatic carbocycles. The van der Waals surface area contributed by atoms with Crippen LogP contribution in [0.2, 0.25) is 0 Å². The molecule has 0 amide bonds. The lowest BCUT2D eigenvalue weighted by molar-refractivity contribution is -0.143. The Morgan fingerprint density at radius 3 is 2.00 bits per heavy atom. The van der Waals surface area contributed by atoms with Crippen LogP contribution in [-0.4, -0.2) is 47.7 Å². The van der Waals surface area contributed by atoms with Crippen molar-refractivity contribution in [1.82, 2.24) is 10.2 Å². The number of carbonyl (C=O) groups is 1. The molecule has 0 atom stereocenters. The van der Waals surface area contributed by atoms with Gasteiger partial charge in [0.25, 0.3) is 0 Å². The van der Waals surface area contributed by atoms with Crippen molar-refractivity contribution in [3.05, 3.63) is 0 Å². The van der Waals surface area contributed by atoms with Crippen molar-refractivity contribution in [2.24, 2.45) is 0 Å². The number of aliphatic carboxylic acids is 1. The topological polar surface area (TPSA) is 52.6 Å². The monoisotopic (exact) mass is 202 g/mol. The minimum Gasteiger partial charge on any atom is -0.480 e. The van der Waals surface area contributed by atoms with E-state index in [1.807, 2.05) is 14.1 Å². The molecular weight excluding hydrogens is 180 g/mol. The Morgan fingerprint density at radius 2 is 1.71 bits per heavy atom. The van der Waals surface area contributed by atoms with Gasteiger partial charge in [0, 0.05) is 12.1 Å². The maximum atomic E-state index is 10.8. The molecule has 2 N–H and O–H groups in total. The summed E-state index contributed by atoms with van der Waals surface area (Å²) in [4.78, 5) is 12.9. The van der Waals surface area contributed by atoms with E-state index < -0.39 is 11.5 Å². The van der Waals surface area contributed by atoms with Crippen LogP contribution in [0.3, 0.4) is 0 Å². The van der Waals surface area contributed by atoms with E-state index in [2.05, 4.69) is 24.1 Å². The van der Waals surface area contributed by atoms with Crippen molar-refractivity contribution in [3.63, 3.8) is 0 Å². The van der Waals surface area contributed by atoms with Crippen LogP contribution in [0.4, 0.5) is 0 Å². The van der Waals surface area contributed by atoms with Crippen LogP contribution in [0.1, 0.15) is 27.7 Å². The average Bonchev–Trinajstić information content (AvgIpc) is 2.01. The van der Waals surface area contributed by atoms with Crippen molar-refractivity contribution in [2.45, 2.75) is 38.8 Å². The van der Waals surface area contributed by atoms with Crippen LogP contribution in [-0.2, 0) is 4.79 Å². The molecule has 0 aliphatic rings. The van der Waals surface area contributed by atoms with Gasteiger partial charge in [0.1, 0.15) is 5.54 Å². The highest BCUT2D eigenvalue weighted by molar-refractivity contribution is 5.77. The van der Waals surface area contributed by atoms with E-state index >= 15 is 0 Å². The largest absolute Gasteiger partial charge is 0.480 e. The zero-order valence-corrected chi connectivity index (χ0v) is 10.0. The summed E-state index contributed by atoms with van der Waals surface area (Å²) >= 11 is 0. The van der Waals surface area contributed by atoms with Gasteiger partial charge in [-0.2, -0.15) is 0 Å². The van der Waals surface area contributed by atoms with Crippen LogP contribution in [0, 0.1) is 0 Å². The number of likely N-dealkylation sites (N-methyl/N-ethyl adjacent to an activating group) is 1. The van der Waals surface area contributed by atoms with Gasteiger partial charge in [0.05, 0.1) is 0 Å². The molecule has 0 fully saturated rings. The fourth-order valence-electron chi connectivity index (χ4n) is 0.671. The van der Waals surface area contributed by atoms with Gasteiger partial charge < -0.3 is 15.3 Å². The maximum absolute atomic E-state index is 10.8. The second-order valence-electron chi connectivity index (χ2n) is 4.99. The fourth-order valence-corrected chi connectivity index (χ4v) is 0.671. The first kappa shape index (κ1) is 13.4. The molecule has 0 spiro atoms. The van der Waals surface area contributed by atoms with Gasteiger partial charge in [-0.3, -0.25) is 4.79 Å². The van der Waals surface area contributed by atoms with Gasteiger partial charge in [-0.25, -0.2) is 0 Å². The van der Waals surface area contributed by atoms with Crippen LogP contribution < -0.4 is 5.32 Å². The van der Waals surface area contributed by atoms with Crippen molar-refractivity contribution in [2.75, 3.05) is 20.6 Å². The fraction of sp³-hybridized carbons (Fsp3) is 0.900. The smallest absolute Gasteiger partial charge is 0.323 e. The van der Waals surface area contributed by atoms with E-state index in [0.717, 1.165) is 0 Å². The Bertz CT molecular complexity index is 210. The van der Waals surface area contributed by atoms with Crippen molar-refractivity contribution in [1.29, 1.82) is 0 Å². The Morgan fingerprint density at radius 1 is 1.29 bits per heavy atom. The lowest BCUT2D eigenvalue weighted by atomic mass is 10.00. The zero-order valence-electron chi connectivity index (χ0n) is 10.0. The number of carboxylic acids is 1. The number of nitrogens with zero attached hydrogens (tertiary/aromatic N) is 1. The summed E-state index contributed by atoms with van der Waals surface area (Å²) in [6, 6.07) is 0. The molecule has 0 bridgehead atoms. The third-order valence-corrected chi connectivity index (χ3v) is 2.71. The summed E-state index contributed by atoms with van der Waals surface area (Å²) in [5, 5.41) is 11.9. The number of carboxylic acid groups (broad SMARTS) is 1. The molecular formula is C10H22N2O2. The van der Waals surface area contributed by atoms with E-state index in [1.54, 1.807) is 13.8 Å². The first-order valence-corrected chi connectivity index (χ1v) is 4.75. The zero-order chi connectivity index (χ0) is 11.6. The van der Waals surface area contributed by atoms with Crippen LogP contribution in [0.5, 0.6) is 0 Å². The Labute approximate surface area is 86.3 Å². The molecule has 0 aromatic rings. The highest BCUT2D eigenvalue weighted by atomic mass is 16.4. The maximum Gasteiger partial charge on any atom is 0.323 e. The standard InChI is InChI=1S/C10H22N2O2/c1-9(2,12(5)6)7-11-10(3,4)8(13)14/h11H,7H2,1-6H3,(H,13,14). The van der Waals surface area contributed by atoms with E-state index in [1.165, 1.54) is 0 Å². The summed E-state index contributed by atoms with van der Waals surface area (Å²) in [5.41, 5.74) is -0.917. The lowest BCUT2D eigenvalue weighted by Crippen LogP contribution is -2.55. The van der Waals surface area contributed by atoms with Crippen LogP contribution >= 0.6 is 0 Å². The molecule has 0 aromatic heterocycles. The van der Waals surface area contributed by atoms with Gasteiger partial charge in [-0.15, -0.1) is 0 Å². The minimum atomic E-state index is -0.868. The number of nitrogens with one attached hydrogen (secondary N) is 1. The van der Waals surface area contributed by atoms with Gasteiger partial charge in [-0.05, 0) is 41.8 Å². The summed E-state index contributed by atoms with van der Waals surface area (Å²) in [7, 11) is 3.96. The van der Waals surface area contributed by atoms with Crippen molar-refractivity contribution < 1.29 is 9.90 Å². The number of hydrogen-bond donors (Lipinski definition) is 2. The van der Waals surface area contributed by atoms with Crippen molar-refractivity contribution in [3.8, 4) is 0 Å². The molecule has 0 aliphatic heterocycles. The third kappa shape index (κ3) is 3.64. The summed E-state index contributed by atoms with van der Waals surface area (Å²) in [6.07, 6.45) is 0. The predicted octanol–water partition coefficient (Wildman–Crippen LogP) is 0.779. The van der Waals surface area contributed by atoms with Gasteiger partial charge in [-0.1, -0.05) is 0 Å². The third-order valence-electron chi connectivity index (χ3n) is 2.71. The second-order valence-corrected chi connectivity index (χ2v) is 4.99. The molecule has 4 nitrogen and oxygen atoms in total. The van der Waals surface area contributed by atoms with Crippen LogP contribution in [0.25, 0.3) is 0 Å². The first-order chi connectivity index (χ1) is 6.09. The predicted molar refractivity (Wildman–Crippen MR) is 57.5 cm³/mol. The first-order valence-electron chi connectivity index (χ1n) is 4.75. The quantitative estimate of drug-likeness (QED) is 0.691. The molecule has 14 heavy (non-hydrogen) atoms. The van der Waals surface area contributed by atoms with E-state index in [9.17, 15) is 4.79 Å². The summed E-state index contributed by atoms with van der Waals surface area (Å²) < 4.78 is 0.